The summed E-state index contributed by atoms with van der Waals surface area (Å²) < 4.78 is 0. The molecule has 1 aliphatic rings. The van der Waals surface area contributed by atoms with Gasteiger partial charge in [0.25, 0.3) is 0 Å². The minimum atomic E-state index is 0.0890. The number of nitrogens with one attached hydrogen (secondary N) is 1. The molecule has 0 aromatic heterocycles. The molecule has 19 heavy (non-hydrogen) atoms. The van der Waals surface area contributed by atoms with Crippen LogP contribution in [0.15, 0.2) is 42.5 Å². The van der Waals surface area contributed by atoms with Gasteiger partial charge in [-0.3, -0.25) is 0 Å². The Bertz CT molecular complexity index is 595. The quantitative estimate of drug-likeness (QED) is 0.887. The van der Waals surface area contributed by atoms with Gasteiger partial charge in [-0.25, -0.2) is 5.32 Å². The number of benzene rings is 2. The summed E-state index contributed by atoms with van der Waals surface area (Å²) in [6.07, 6.45) is 1.03. The van der Waals surface area contributed by atoms with Gasteiger partial charge < -0.3 is 5.32 Å². The predicted octanol–water partition coefficient (Wildman–Crippen LogP) is 3.63. The Kier molecular flexibility index (Phi) is 3.45. The first kappa shape index (κ1) is 12.5. The van der Waals surface area contributed by atoms with Crippen molar-refractivity contribution in [1.29, 1.82) is 0 Å². The highest BCUT2D eigenvalue weighted by Crippen LogP contribution is 2.35. The summed E-state index contributed by atoms with van der Waals surface area (Å²) in [5.74, 6) is 0. The smallest absolute Gasteiger partial charge is 0.0769 e. The van der Waals surface area contributed by atoms with Gasteiger partial charge >= 0.3 is 0 Å². The molecule has 1 aliphatic heterocycles. The molecule has 0 spiro atoms. The lowest BCUT2D eigenvalue weighted by atomic mass is 9.89. The van der Waals surface area contributed by atoms with Gasteiger partial charge in [0.05, 0.1) is 6.04 Å². The average Bonchev–Trinajstić information content (AvgIpc) is 2.46. The van der Waals surface area contributed by atoms with E-state index in [-0.39, 0.29) is 6.04 Å². The molecule has 0 saturated heterocycles. The zero-order chi connectivity index (χ0) is 13.2. The van der Waals surface area contributed by atoms with E-state index in [4.69, 9.17) is 16.9 Å². The molecule has 0 saturated carbocycles. The molecule has 2 nitrogen and oxygen atoms in total. The third kappa shape index (κ3) is 2.34. The Labute approximate surface area is 118 Å². The third-order valence-electron chi connectivity index (χ3n) is 3.62. The second-order valence-corrected chi connectivity index (χ2v) is 5.18. The van der Waals surface area contributed by atoms with Gasteiger partial charge in [-0.2, -0.15) is 0 Å². The number of fused-ring (bicyclic) bond motifs is 1. The molecule has 0 aliphatic carbocycles. The Hall–Kier alpha value is -1.51. The molecule has 0 fully saturated rings. The summed E-state index contributed by atoms with van der Waals surface area (Å²) in [5, 5.41) is 8.78. The molecule has 0 bridgehead atoms. The second-order valence-electron chi connectivity index (χ2n) is 4.74. The SMILES string of the molecule is CNc1ccc(Cl)cc1C1[N]CCc2ccccc21. The standard InChI is InChI=1S/C16H16ClN2/c1-18-15-7-6-12(17)10-14(15)16-13-5-3-2-4-11(13)8-9-19-16/h2-7,10,16,18H,8-9H2,1H3. The van der Waals surface area contributed by atoms with Crippen LogP contribution >= 0.6 is 11.6 Å². The van der Waals surface area contributed by atoms with E-state index in [1.807, 2.05) is 25.2 Å². The van der Waals surface area contributed by atoms with Gasteiger partial charge in [0.2, 0.25) is 0 Å². The van der Waals surface area contributed by atoms with E-state index in [1.165, 1.54) is 11.1 Å². The Morgan fingerprint density at radius 2 is 2.00 bits per heavy atom. The van der Waals surface area contributed by atoms with Crippen molar-refractivity contribution in [1.82, 2.24) is 5.32 Å². The van der Waals surface area contributed by atoms with E-state index >= 15 is 0 Å². The summed E-state index contributed by atoms with van der Waals surface area (Å²) in [6, 6.07) is 14.6. The van der Waals surface area contributed by atoms with E-state index in [2.05, 4.69) is 29.6 Å². The number of rotatable bonds is 2. The van der Waals surface area contributed by atoms with Crippen LogP contribution in [0.2, 0.25) is 5.02 Å². The highest BCUT2D eigenvalue weighted by Gasteiger charge is 2.24. The molecular formula is C16H16ClN2. The fourth-order valence-electron chi connectivity index (χ4n) is 2.69. The molecular weight excluding hydrogens is 256 g/mol. The first-order valence-corrected chi connectivity index (χ1v) is 6.89. The van der Waals surface area contributed by atoms with Crippen molar-refractivity contribution >= 4 is 17.3 Å². The highest BCUT2D eigenvalue weighted by molar-refractivity contribution is 6.30. The van der Waals surface area contributed by atoms with Crippen molar-refractivity contribution in [3.05, 3.63) is 64.2 Å². The van der Waals surface area contributed by atoms with E-state index in [1.54, 1.807) is 0 Å². The first-order valence-electron chi connectivity index (χ1n) is 6.51. The Morgan fingerprint density at radius 3 is 2.84 bits per heavy atom. The van der Waals surface area contributed by atoms with Crippen LogP contribution < -0.4 is 10.6 Å². The number of nitrogens with zero attached hydrogens (tertiary/aromatic N) is 1. The molecule has 1 heterocycles. The van der Waals surface area contributed by atoms with E-state index < -0.39 is 0 Å². The van der Waals surface area contributed by atoms with Crippen LogP contribution in [0.3, 0.4) is 0 Å². The zero-order valence-electron chi connectivity index (χ0n) is 10.9. The molecule has 2 aromatic rings. The maximum Gasteiger partial charge on any atom is 0.0769 e. The fraction of sp³-hybridized carbons (Fsp3) is 0.250. The van der Waals surface area contributed by atoms with Crippen LogP contribution in [0.1, 0.15) is 22.7 Å². The van der Waals surface area contributed by atoms with Crippen molar-refractivity contribution in [2.24, 2.45) is 0 Å². The molecule has 3 rings (SSSR count). The average molecular weight is 272 g/mol. The summed E-state index contributed by atoms with van der Waals surface area (Å²) in [6.45, 7) is 0.872. The molecule has 2 aromatic carbocycles. The van der Waals surface area contributed by atoms with Crippen LogP contribution in [0.5, 0.6) is 0 Å². The molecule has 97 valence electrons. The number of hydrogen-bond acceptors (Lipinski definition) is 1. The maximum atomic E-state index is 6.15. The van der Waals surface area contributed by atoms with Crippen molar-refractivity contribution in [3.63, 3.8) is 0 Å². The Balaban J connectivity index is 2.11. The molecule has 1 N–H and O–H groups in total. The first-order chi connectivity index (χ1) is 9.29. The largest absolute Gasteiger partial charge is 0.388 e. The molecule has 1 radical (unpaired) electrons. The summed E-state index contributed by atoms with van der Waals surface area (Å²) in [4.78, 5) is 0. The fourth-order valence-corrected chi connectivity index (χ4v) is 2.87. The lowest BCUT2D eigenvalue weighted by Gasteiger charge is -2.27. The lowest BCUT2D eigenvalue weighted by Crippen LogP contribution is -2.25. The number of hydrogen-bond donors (Lipinski definition) is 1. The molecule has 1 atom stereocenters. The zero-order valence-corrected chi connectivity index (χ0v) is 11.6. The summed E-state index contributed by atoms with van der Waals surface area (Å²) in [7, 11) is 1.93. The molecule has 0 amide bonds. The molecule has 3 heteroatoms. The van der Waals surface area contributed by atoms with Crippen LogP contribution in [0.25, 0.3) is 0 Å². The van der Waals surface area contributed by atoms with Crippen LogP contribution in [-0.4, -0.2) is 13.6 Å². The minimum absolute atomic E-state index is 0.0890. The maximum absolute atomic E-state index is 6.15. The van der Waals surface area contributed by atoms with Crippen LogP contribution in [0, 0.1) is 0 Å². The number of halogens is 1. The highest BCUT2D eigenvalue weighted by atomic mass is 35.5. The van der Waals surface area contributed by atoms with Gasteiger partial charge in [0, 0.05) is 24.3 Å². The van der Waals surface area contributed by atoms with Crippen molar-refractivity contribution < 1.29 is 0 Å². The third-order valence-corrected chi connectivity index (χ3v) is 3.86. The topological polar surface area (TPSA) is 26.1 Å². The van der Waals surface area contributed by atoms with E-state index in [0.717, 1.165) is 29.2 Å². The summed E-state index contributed by atoms with van der Waals surface area (Å²) >= 11 is 6.15. The van der Waals surface area contributed by atoms with E-state index in [0.29, 0.717) is 0 Å². The normalized spacial score (nSPS) is 17.9. The minimum Gasteiger partial charge on any atom is -0.388 e. The van der Waals surface area contributed by atoms with Gasteiger partial charge in [-0.1, -0.05) is 35.9 Å². The Morgan fingerprint density at radius 1 is 1.16 bits per heavy atom. The van der Waals surface area contributed by atoms with Gasteiger partial charge in [0.15, 0.2) is 0 Å². The lowest BCUT2D eigenvalue weighted by molar-refractivity contribution is 0.556. The van der Waals surface area contributed by atoms with Gasteiger partial charge in [0.1, 0.15) is 0 Å². The second kappa shape index (κ2) is 5.24. The van der Waals surface area contributed by atoms with Crippen molar-refractivity contribution in [3.8, 4) is 0 Å². The van der Waals surface area contributed by atoms with Gasteiger partial charge in [-0.15, -0.1) is 0 Å². The monoisotopic (exact) mass is 271 g/mol. The predicted molar refractivity (Wildman–Crippen MR) is 80.0 cm³/mol. The van der Waals surface area contributed by atoms with Crippen LogP contribution in [0.4, 0.5) is 5.69 Å². The summed E-state index contributed by atoms with van der Waals surface area (Å²) in [5.41, 5.74) is 4.94. The number of anilines is 1. The van der Waals surface area contributed by atoms with Crippen molar-refractivity contribution in [2.75, 3.05) is 18.9 Å². The van der Waals surface area contributed by atoms with Gasteiger partial charge in [-0.05, 0) is 41.3 Å². The van der Waals surface area contributed by atoms with Crippen LogP contribution in [-0.2, 0) is 6.42 Å². The van der Waals surface area contributed by atoms with E-state index in [9.17, 15) is 0 Å². The van der Waals surface area contributed by atoms with Crippen molar-refractivity contribution in [2.45, 2.75) is 12.5 Å². The molecule has 1 unspecified atom stereocenters.